The van der Waals surface area contributed by atoms with Crippen molar-refractivity contribution in [2.75, 3.05) is 25.6 Å². The van der Waals surface area contributed by atoms with E-state index in [-0.39, 0.29) is 24.1 Å². The maximum atomic E-state index is 12.8. The molecule has 0 aliphatic carbocycles. The molecule has 0 bridgehead atoms. The highest BCUT2D eigenvalue weighted by Crippen LogP contribution is 2.32. The van der Waals surface area contributed by atoms with E-state index in [1.54, 1.807) is 0 Å². The summed E-state index contributed by atoms with van der Waals surface area (Å²) >= 11 is 8.91. The molecule has 0 radical (unpaired) electrons. The third kappa shape index (κ3) is 3.70. The van der Waals surface area contributed by atoms with Crippen molar-refractivity contribution in [1.82, 2.24) is 4.90 Å². The molecule has 116 valence electrons. The van der Waals surface area contributed by atoms with Crippen LogP contribution in [0.15, 0.2) is 22.7 Å². The van der Waals surface area contributed by atoms with Crippen LogP contribution in [0, 0.1) is 0 Å². The molecule has 1 fully saturated rings. The predicted molar refractivity (Wildman–Crippen MR) is 75.5 cm³/mol. The van der Waals surface area contributed by atoms with Gasteiger partial charge in [-0.3, -0.25) is 4.79 Å². The SMILES string of the molecule is O=C(c1cc(C(F)(F)F)ccc1Br)N1CCOCC1CCl. The normalized spacial score (nSPS) is 19.7. The van der Waals surface area contributed by atoms with E-state index in [0.29, 0.717) is 17.6 Å². The summed E-state index contributed by atoms with van der Waals surface area (Å²) in [6.45, 7) is 0.931. The van der Waals surface area contributed by atoms with Gasteiger partial charge in [0.25, 0.3) is 5.91 Å². The maximum absolute atomic E-state index is 12.8. The zero-order chi connectivity index (χ0) is 15.6. The van der Waals surface area contributed by atoms with Gasteiger partial charge in [0.1, 0.15) is 0 Å². The molecule has 1 aliphatic heterocycles. The Kier molecular flexibility index (Phi) is 5.16. The molecule has 1 atom stereocenters. The molecule has 2 rings (SSSR count). The van der Waals surface area contributed by atoms with E-state index < -0.39 is 17.6 Å². The second-order valence-corrected chi connectivity index (χ2v) is 5.74. The average Bonchev–Trinajstić information content (AvgIpc) is 2.45. The van der Waals surface area contributed by atoms with E-state index in [4.69, 9.17) is 16.3 Å². The quantitative estimate of drug-likeness (QED) is 0.728. The molecule has 1 saturated heterocycles. The summed E-state index contributed by atoms with van der Waals surface area (Å²) in [6.07, 6.45) is -4.49. The first-order valence-corrected chi connectivity index (χ1v) is 7.48. The third-order valence-electron chi connectivity index (χ3n) is 3.19. The minimum atomic E-state index is -4.49. The highest BCUT2D eigenvalue weighted by molar-refractivity contribution is 9.10. The van der Waals surface area contributed by atoms with Crippen molar-refractivity contribution in [1.29, 1.82) is 0 Å². The highest BCUT2D eigenvalue weighted by atomic mass is 79.9. The number of amides is 1. The molecule has 21 heavy (non-hydrogen) atoms. The molecule has 1 aromatic rings. The number of halogens is 5. The minimum Gasteiger partial charge on any atom is -0.377 e. The topological polar surface area (TPSA) is 29.5 Å². The van der Waals surface area contributed by atoms with Crippen molar-refractivity contribution >= 4 is 33.4 Å². The molecular weight excluding hydrogens is 374 g/mol. The van der Waals surface area contributed by atoms with Crippen LogP contribution in [-0.2, 0) is 10.9 Å². The zero-order valence-corrected chi connectivity index (χ0v) is 13.1. The number of hydrogen-bond donors (Lipinski definition) is 0. The van der Waals surface area contributed by atoms with Gasteiger partial charge in [-0.25, -0.2) is 0 Å². The number of benzene rings is 1. The minimum absolute atomic E-state index is 0.0261. The van der Waals surface area contributed by atoms with Crippen LogP contribution in [0.2, 0.25) is 0 Å². The molecule has 1 unspecified atom stereocenters. The summed E-state index contributed by atoms with van der Waals surface area (Å²) in [5.41, 5.74) is -0.883. The standard InChI is InChI=1S/C13H12BrClF3NO2/c14-11-2-1-8(13(16,17)18)5-10(11)12(20)19-3-4-21-7-9(19)6-15/h1-2,5,9H,3-4,6-7H2. The van der Waals surface area contributed by atoms with Gasteiger partial charge < -0.3 is 9.64 Å². The Labute approximate surface area is 133 Å². The van der Waals surface area contributed by atoms with Gasteiger partial charge in [0, 0.05) is 16.9 Å². The van der Waals surface area contributed by atoms with Gasteiger partial charge in [-0.05, 0) is 34.1 Å². The molecule has 1 amide bonds. The van der Waals surface area contributed by atoms with E-state index in [1.807, 2.05) is 0 Å². The zero-order valence-electron chi connectivity index (χ0n) is 10.8. The van der Waals surface area contributed by atoms with Gasteiger partial charge in [-0.2, -0.15) is 13.2 Å². The highest BCUT2D eigenvalue weighted by Gasteiger charge is 2.33. The van der Waals surface area contributed by atoms with Crippen molar-refractivity contribution < 1.29 is 22.7 Å². The number of carbonyl (C=O) groups is 1. The van der Waals surface area contributed by atoms with E-state index in [9.17, 15) is 18.0 Å². The van der Waals surface area contributed by atoms with Crippen LogP contribution in [-0.4, -0.2) is 42.5 Å². The van der Waals surface area contributed by atoms with Crippen LogP contribution in [0.3, 0.4) is 0 Å². The molecule has 3 nitrogen and oxygen atoms in total. The predicted octanol–water partition coefficient (Wildman–Crippen LogP) is 3.55. The first-order valence-electron chi connectivity index (χ1n) is 6.16. The maximum Gasteiger partial charge on any atom is 0.416 e. The van der Waals surface area contributed by atoms with Crippen molar-refractivity contribution in [2.45, 2.75) is 12.2 Å². The van der Waals surface area contributed by atoms with Gasteiger partial charge in [-0.15, -0.1) is 11.6 Å². The van der Waals surface area contributed by atoms with Gasteiger partial charge in [0.05, 0.1) is 30.4 Å². The van der Waals surface area contributed by atoms with Crippen LogP contribution in [0.25, 0.3) is 0 Å². The lowest BCUT2D eigenvalue weighted by molar-refractivity contribution is -0.137. The summed E-state index contributed by atoms with van der Waals surface area (Å²) in [5, 5.41) is 0. The number of nitrogens with zero attached hydrogens (tertiary/aromatic N) is 1. The van der Waals surface area contributed by atoms with Crippen molar-refractivity contribution in [3.05, 3.63) is 33.8 Å². The molecule has 0 N–H and O–H groups in total. The number of alkyl halides is 4. The van der Waals surface area contributed by atoms with Crippen LogP contribution < -0.4 is 0 Å². The van der Waals surface area contributed by atoms with Crippen molar-refractivity contribution in [3.63, 3.8) is 0 Å². The summed E-state index contributed by atoms with van der Waals surface area (Å²) in [4.78, 5) is 13.9. The second-order valence-electron chi connectivity index (χ2n) is 4.57. The first kappa shape index (κ1) is 16.6. The molecule has 0 aromatic heterocycles. The summed E-state index contributed by atoms with van der Waals surface area (Å²) in [6, 6.07) is 2.67. The Morgan fingerprint density at radius 3 is 2.81 bits per heavy atom. The average molecular weight is 387 g/mol. The van der Waals surface area contributed by atoms with Crippen LogP contribution in [0.5, 0.6) is 0 Å². The van der Waals surface area contributed by atoms with E-state index in [0.717, 1.165) is 12.1 Å². The molecule has 0 spiro atoms. The number of morpholine rings is 1. The number of hydrogen-bond acceptors (Lipinski definition) is 2. The smallest absolute Gasteiger partial charge is 0.377 e. The lowest BCUT2D eigenvalue weighted by atomic mass is 10.1. The molecule has 1 aromatic carbocycles. The molecule has 1 aliphatic rings. The van der Waals surface area contributed by atoms with Crippen LogP contribution in [0.1, 0.15) is 15.9 Å². The van der Waals surface area contributed by atoms with Gasteiger partial charge in [0.2, 0.25) is 0 Å². The summed E-state index contributed by atoms with van der Waals surface area (Å²) in [5.74, 6) is -0.315. The fraction of sp³-hybridized carbons (Fsp3) is 0.462. The summed E-state index contributed by atoms with van der Waals surface area (Å²) < 4.78 is 43.8. The number of ether oxygens (including phenoxy) is 1. The molecule has 1 heterocycles. The van der Waals surface area contributed by atoms with Crippen molar-refractivity contribution in [2.24, 2.45) is 0 Å². The molecule has 8 heteroatoms. The van der Waals surface area contributed by atoms with E-state index in [1.165, 1.54) is 11.0 Å². The van der Waals surface area contributed by atoms with Gasteiger partial charge >= 0.3 is 6.18 Å². The number of carbonyl (C=O) groups excluding carboxylic acids is 1. The number of rotatable bonds is 2. The van der Waals surface area contributed by atoms with Crippen molar-refractivity contribution in [3.8, 4) is 0 Å². The van der Waals surface area contributed by atoms with Crippen LogP contribution in [0.4, 0.5) is 13.2 Å². The van der Waals surface area contributed by atoms with E-state index >= 15 is 0 Å². The lowest BCUT2D eigenvalue weighted by Crippen LogP contribution is -2.49. The largest absolute Gasteiger partial charge is 0.416 e. The van der Waals surface area contributed by atoms with Crippen LogP contribution >= 0.6 is 27.5 Å². The van der Waals surface area contributed by atoms with Gasteiger partial charge in [-0.1, -0.05) is 0 Å². The Morgan fingerprint density at radius 2 is 2.19 bits per heavy atom. The Balaban J connectivity index is 2.33. The fourth-order valence-corrected chi connectivity index (χ4v) is 2.74. The third-order valence-corrected chi connectivity index (χ3v) is 4.24. The van der Waals surface area contributed by atoms with E-state index in [2.05, 4.69) is 15.9 Å². The lowest BCUT2D eigenvalue weighted by Gasteiger charge is -2.34. The second kappa shape index (κ2) is 6.54. The summed E-state index contributed by atoms with van der Waals surface area (Å²) in [7, 11) is 0. The fourth-order valence-electron chi connectivity index (χ4n) is 2.07. The first-order chi connectivity index (χ1) is 9.84. The monoisotopic (exact) mass is 385 g/mol. The Morgan fingerprint density at radius 1 is 1.48 bits per heavy atom. The molecule has 0 saturated carbocycles. The Hall–Kier alpha value is -0.790. The molecular formula is C13H12BrClF3NO2. The Bertz CT molecular complexity index is 539. The van der Waals surface area contributed by atoms with Gasteiger partial charge in [0.15, 0.2) is 0 Å².